The first kappa shape index (κ1) is 17.8. The van der Waals surface area contributed by atoms with E-state index in [-0.39, 0.29) is 0 Å². The molecule has 0 N–H and O–H groups in total. The van der Waals surface area contributed by atoms with Gasteiger partial charge in [0, 0.05) is 11.6 Å². The van der Waals surface area contributed by atoms with Gasteiger partial charge in [0.25, 0.3) is 0 Å². The van der Waals surface area contributed by atoms with Crippen molar-refractivity contribution in [1.82, 2.24) is 0 Å². The minimum atomic E-state index is 0.709. The summed E-state index contributed by atoms with van der Waals surface area (Å²) in [6, 6.07) is 15.9. The summed E-state index contributed by atoms with van der Waals surface area (Å²) >= 11 is 0. The fourth-order valence-corrected chi connectivity index (χ4v) is 7.01. The predicted molar refractivity (Wildman–Crippen MR) is 126 cm³/mol. The van der Waals surface area contributed by atoms with Gasteiger partial charge in [-0.3, -0.25) is 0 Å². The lowest BCUT2D eigenvalue weighted by molar-refractivity contribution is -0.659. The number of nitrogens with zero attached hydrogens (tertiary/aromatic N) is 1. The summed E-state index contributed by atoms with van der Waals surface area (Å²) in [6.45, 7) is 4.46. The Hall–Kier alpha value is -2.87. The Bertz CT molecular complexity index is 1420. The van der Waals surface area contributed by atoms with Gasteiger partial charge in [0.15, 0.2) is 6.20 Å². The fraction of sp³-hybridized carbons (Fsp3) is 0.345. The summed E-state index contributed by atoms with van der Waals surface area (Å²) in [5.74, 6) is 4.62. The van der Waals surface area contributed by atoms with Crippen LogP contribution in [-0.4, -0.2) is 0 Å². The molecular formula is C29H28NO+. The summed E-state index contributed by atoms with van der Waals surface area (Å²) in [4.78, 5) is 0. The van der Waals surface area contributed by atoms with Gasteiger partial charge in [-0.05, 0) is 84.2 Å². The van der Waals surface area contributed by atoms with Crippen LogP contribution in [0.1, 0.15) is 48.3 Å². The van der Waals surface area contributed by atoms with Crippen molar-refractivity contribution >= 4 is 21.5 Å². The van der Waals surface area contributed by atoms with Gasteiger partial charge in [-0.2, -0.15) is 0 Å². The van der Waals surface area contributed by atoms with Gasteiger partial charge in [-0.25, -0.2) is 4.57 Å². The van der Waals surface area contributed by atoms with Crippen LogP contribution in [-0.2, 0) is 7.05 Å². The zero-order valence-corrected chi connectivity index (χ0v) is 18.5. The monoisotopic (exact) mass is 406 g/mol. The van der Waals surface area contributed by atoms with E-state index in [1.165, 1.54) is 75.2 Å². The highest BCUT2D eigenvalue weighted by Crippen LogP contribution is 2.55. The molecule has 3 aromatic carbocycles. The Morgan fingerprint density at radius 2 is 1.74 bits per heavy atom. The second-order valence-electron chi connectivity index (χ2n) is 10.1. The number of ether oxygens (including phenoxy) is 1. The molecule has 1 aromatic heterocycles. The largest absolute Gasteiger partial charge is 0.455 e. The van der Waals surface area contributed by atoms with Gasteiger partial charge < -0.3 is 4.74 Å². The van der Waals surface area contributed by atoms with Gasteiger partial charge in [-0.15, -0.1) is 0 Å². The number of rotatable bonds is 1. The van der Waals surface area contributed by atoms with E-state index in [1.807, 2.05) is 0 Å². The fourth-order valence-electron chi connectivity index (χ4n) is 7.01. The van der Waals surface area contributed by atoms with Crippen molar-refractivity contribution in [2.45, 2.75) is 45.4 Å². The number of pyridine rings is 1. The molecule has 2 aliphatic carbocycles. The molecule has 2 heteroatoms. The molecule has 3 atom stereocenters. The van der Waals surface area contributed by atoms with Crippen LogP contribution in [0.15, 0.2) is 48.7 Å². The zero-order chi connectivity index (χ0) is 20.9. The summed E-state index contributed by atoms with van der Waals surface area (Å²) in [5, 5.41) is 5.20. The van der Waals surface area contributed by atoms with E-state index in [9.17, 15) is 0 Å². The van der Waals surface area contributed by atoms with Crippen molar-refractivity contribution in [3.8, 4) is 22.8 Å². The molecule has 2 heterocycles. The predicted octanol–water partition coefficient (Wildman–Crippen LogP) is 7.11. The van der Waals surface area contributed by atoms with Crippen molar-refractivity contribution in [2.75, 3.05) is 0 Å². The van der Waals surface area contributed by atoms with E-state index in [1.54, 1.807) is 0 Å². The first-order valence-electron chi connectivity index (χ1n) is 11.8. The lowest BCUT2D eigenvalue weighted by Gasteiger charge is -2.27. The molecule has 0 radical (unpaired) electrons. The van der Waals surface area contributed by atoms with Crippen molar-refractivity contribution in [3.05, 3.63) is 65.4 Å². The maximum Gasteiger partial charge on any atom is 0.228 e. The van der Waals surface area contributed by atoms with Crippen LogP contribution in [0.2, 0.25) is 0 Å². The van der Waals surface area contributed by atoms with Gasteiger partial charge in [0.05, 0.1) is 10.9 Å². The maximum absolute atomic E-state index is 6.79. The van der Waals surface area contributed by atoms with E-state index < -0.39 is 0 Å². The highest BCUT2D eigenvalue weighted by Gasteiger charge is 2.41. The van der Waals surface area contributed by atoms with E-state index in [2.05, 4.69) is 74.1 Å². The number of hydrogen-bond acceptors (Lipinski definition) is 1. The Morgan fingerprint density at radius 1 is 0.935 bits per heavy atom. The molecule has 7 rings (SSSR count). The molecule has 0 amide bonds. The van der Waals surface area contributed by atoms with Crippen LogP contribution < -0.4 is 9.30 Å². The highest BCUT2D eigenvalue weighted by molar-refractivity contribution is 6.06. The van der Waals surface area contributed by atoms with Crippen LogP contribution in [0.25, 0.3) is 32.8 Å². The van der Waals surface area contributed by atoms with Crippen LogP contribution >= 0.6 is 0 Å². The Morgan fingerprint density at radius 3 is 2.48 bits per heavy atom. The Kier molecular flexibility index (Phi) is 3.49. The Balaban J connectivity index is 1.53. The normalized spacial score (nSPS) is 23.4. The van der Waals surface area contributed by atoms with Crippen LogP contribution in [0.4, 0.5) is 0 Å². The quantitative estimate of drug-likeness (QED) is 0.270. The van der Waals surface area contributed by atoms with Crippen molar-refractivity contribution in [2.24, 2.45) is 18.9 Å². The molecule has 0 saturated heterocycles. The smallest absolute Gasteiger partial charge is 0.228 e. The van der Waals surface area contributed by atoms with E-state index >= 15 is 0 Å². The molecule has 4 aromatic rings. The maximum atomic E-state index is 6.79. The number of hydrogen-bond donors (Lipinski definition) is 0. The lowest BCUT2D eigenvalue weighted by atomic mass is 9.82. The van der Waals surface area contributed by atoms with Crippen molar-refractivity contribution in [1.29, 1.82) is 0 Å². The number of fused-ring (bicyclic) bond motifs is 5. The number of aryl methyl sites for hydroxylation is 3. The summed E-state index contributed by atoms with van der Waals surface area (Å²) < 4.78 is 9.07. The molecule has 154 valence electrons. The summed E-state index contributed by atoms with van der Waals surface area (Å²) in [6.07, 6.45) is 7.87. The second kappa shape index (κ2) is 6.09. The third-order valence-corrected chi connectivity index (χ3v) is 8.52. The van der Waals surface area contributed by atoms with E-state index in [0.29, 0.717) is 5.92 Å². The number of aromatic nitrogens is 1. The molecule has 31 heavy (non-hydrogen) atoms. The molecule has 0 spiro atoms. The molecule has 1 aliphatic heterocycles. The molecule has 2 bridgehead atoms. The molecule has 2 fully saturated rings. The average Bonchev–Trinajstić information content (AvgIpc) is 3.43. The van der Waals surface area contributed by atoms with Crippen molar-refractivity contribution < 1.29 is 9.30 Å². The van der Waals surface area contributed by atoms with Crippen LogP contribution in [0.3, 0.4) is 0 Å². The molecule has 3 aliphatic rings. The van der Waals surface area contributed by atoms with E-state index in [4.69, 9.17) is 4.74 Å². The Labute approximate surface area is 183 Å². The van der Waals surface area contributed by atoms with Crippen molar-refractivity contribution in [3.63, 3.8) is 0 Å². The zero-order valence-electron chi connectivity index (χ0n) is 18.5. The minimum Gasteiger partial charge on any atom is -0.455 e. The topological polar surface area (TPSA) is 13.1 Å². The van der Waals surface area contributed by atoms with Gasteiger partial charge in [-0.1, -0.05) is 36.8 Å². The third-order valence-electron chi connectivity index (χ3n) is 8.52. The van der Waals surface area contributed by atoms with Crippen LogP contribution in [0, 0.1) is 25.7 Å². The number of benzene rings is 3. The van der Waals surface area contributed by atoms with Gasteiger partial charge >= 0.3 is 0 Å². The molecule has 2 nitrogen and oxygen atoms in total. The summed E-state index contributed by atoms with van der Waals surface area (Å²) in [5.41, 5.74) is 6.59. The summed E-state index contributed by atoms with van der Waals surface area (Å²) in [7, 11) is 2.17. The lowest BCUT2D eigenvalue weighted by Crippen LogP contribution is -2.32. The first-order chi connectivity index (χ1) is 15.1. The van der Waals surface area contributed by atoms with Gasteiger partial charge in [0.1, 0.15) is 18.5 Å². The molecule has 3 unspecified atom stereocenters. The average molecular weight is 407 g/mol. The third kappa shape index (κ3) is 2.31. The van der Waals surface area contributed by atoms with Gasteiger partial charge in [0.2, 0.25) is 5.69 Å². The van der Waals surface area contributed by atoms with Crippen LogP contribution in [0.5, 0.6) is 11.5 Å². The highest BCUT2D eigenvalue weighted by atomic mass is 16.5. The standard InChI is InChI=1S/C29H28NO/c1-16-22-6-4-5-7-23(22)17(2)29-26(16)28-27-20(10-11-30(28)3)14-21(15-25(27)31-29)24-13-18-8-9-19(24)12-18/h4-7,10-11,14-15,18-19,24H,8-9,12-13H2,1-3H3/q+1. The van der Waals surface area contributed by atoms with E-state index in [0.717, 1.165) is 23.3 Å². The minimum absolute atomic E-state index is 0.709. The molecule has 2 saturated carbocycles. The SMILES string of the molecule is Cc1c2c(c(C)c3ccccc13)-c1c3c(cc(C4CC5CCC4C5)cc3cc[n+]1C)O2. The first-order valence-corrected chi connectivity index (χ1v) is 11.8. The second-order valence-corrected chi connectivity index (χ2v) is 10.1. The molecular weight excluding hydrogens is 378 g/mol.